The second-order valence-electron chi connectivity index (χ2n) is 5.06. The SMILES string of the molecule is COOC(=O)C1CCN(CCc2cccc(Br)c2)CC1. The van der Waals surface area contributed by atoms with Crippen LogP contribution in [0.1, 0.15) is 18.4 Å². The molecular formula is C15H20BrNO3. The Bertz CT molecular complexity index is 444. The molecule has 0 amide bonds. The van der Waals surface area contributed by atoms with E-state index >= 15 is 0 Å². The van der Waals surface area contributed by atoms with E-state index in [9.17, 15) is 4.79 Å². The summed E-state index contributed by atoms with van der Waals surface area (Å²) >= 11 is 3.49. The summed E-state index contributed by atoms with van der Waals surface area (Å²) in [6.07, 6.45) is 2.73. The molecular weight excluding hydrogens is 322 g/mol. The van der Waals surface area contributed by atoms with Gasteiger partial charge in [0.25, 0.3) is 0 Å². The molecule has 0 unspecified atom stereocenters. The number of carbonyl (C=O) groups excluding carboxylic acids is 1. The minimum atomic E-state index is -0.237. The second kappa shape index (κ2) is 7.76. The van der Waals surface area contributed by atoms with Crippen molar-refractivity contribution in [2.24, 2.45) is 5.92 Å². The number of rotatable bonds is 5. The number of hydrogen-bond acceptors (Lipinski definition) is 4. The van der Waals surface area contributed by atoms with Gasteiger partial charge in [-0.15, -0.1) is 0 Å². The van der Waals surface area contributed by atoms with Crippen LogP contribution in [0.5, 0.6) is 0 Å². The second-order valence-corrected chi connectivity index (χ2v) is 5.98. The van der Waals surface area contributed by atoms with Gasteiger partial charge in [0.2, 0.25) is 0 Å². The van der Waals surface area contributed by atoms with E-state index in [-0.39, 0.29) is 11.9 Å². The number of nitrogens with zero attached hydrogens (tertiary/aromatic N) is 1. The van der Waals surface area contributed by atoms with Gasteiger partial charge in [-0.2, -0.15) is 4.89 Å². The molecule has 0 aromatic heterocycles. The van der Waals surface area contributed by atoms with E-state index in [1.165, 1.54) is 12.7 Å². The molecule has 0 bridgehead atoms. The first-order valence-corrected chi connectivity index (χ1v) is 7.69. The smallest absolute Gasteiger partial charge is 0.303 e. The quantitative estimate of drug-likeness (QED) is 0.609. The summed E-state index contributed by atoms with van der Waals surface area (Å²) in [6.45, 7) is 2.91. The van der Waals surface area contributed by atoms with Gasteiger partial charge < -0.3 is 4.90 Å². The molecule has 1 heterocycles. The van der Waals surface area contributed by atoms with Gasteiger partial charge in [-0.1, -0.05) is 28.1 Å². The van der Waals surface area contributed by atoms with Crippen molar-refractivity contribution < 1.29 is 14.6 Å². The van der Waals surface area contributed by atoms with Gasteiger partial charge in [0.05, 0.1) is 13.0 Å². The van der Waals surface area contributed by atoms with Gasteiger partial charge in [-0.25, -0.2) is 4.79 Å². The number of likely N-dealkylation sites (tertiary alicyclic amines) is 1. The normalized spacial score (nSPS) is 17.1. The first kappa shape index (κ1) is 15.5. The number of halogens is 1. The average Bonchev–Trinajstić information content (AvgIpc) is 2.46. The van der Waals surface area contributed by atoms with Crippen LogP contribution in [-0.4, -0.2) is 37.6 Å². The number of piperidine rings is 1. The monoisotopic (exact) mass is 341 g/mol. The minimum Gasteiger partial charge on any atom is -0.303 e. The Hall–Kier alpha value is -0.910. The predicted octanol–water partition coefficient (Wildman–Crippen LogP) is 2.81. The van der Waals surface area contributed by atoms with Gasteiger partial charge in [-0.3, -0.25) is 4.89 Å². The van der Waals surface area contributed by atoms with Gasteiger partial charge in [-0.05, 0) is 50.0 Å². The summed E-state index contributed by atoms with van der Waals surface area (Å²) in [5.41, 5.74) is 1.33. The van der Waals surface area contributed by atoms with E-state index in [0.29, 0.717) is 0 Å². The maximum atomic E-state index is 11.6. The van der Waals surface area contributed by atoms with E-state index in [1.807, 2.05) is 6.07 Å². The Morgan fingerprint density at radius 1 is 1.40 bits per heavy atom. The molecule has 1 aliphatic rings. The summed E-state index contributed by atoms with van der Waals surface area (Å²) in [4.78, 5) is 23.0. The standard InChI is InChI=1S/C15H20BrNO3/c1-19-20-15(18)13-6-9-17(10-7-13)8-5-12-3-2-4-14(16)11-12/h2-4,11,13H,5-10H2,1H3. The van der Waals surface area contributed by atoms with Crippen molar-refractivity contribution in [1.29, 1.82) is 0 Å². The molecule has 1 aliphatic heterocycles. The van der Waals surface area contributed by atoms with Gasteiger partial charge in [0.15, 0.2) is 0 Å². The summed E-state index contributed by atoms with van der Waals surface area (Å²) < 4.78 is 1.12. The third kappa shape index (κ3) is 4.58. The summed E-state index contributed by atoms with van der Waals surface area (Å²) in [5, 5.41) is 0. The fraction of sp³-hybridized carbons (Fsp3) is 0.533. The van der Waals surface area contributed by atoms with E-state index in [2.05, 4.69) is 48.8 Å². The van der Waals surface area contributed by atoms with Gasteiger partial charge in [0.1, 0.15) is 0 Å². The van der Waals surface area contributed by atoms with Crippen LogP contribution in [0.3, 0.4) is 0 Å². The van der Waals surface area contributed by atoms with Crippen LogP contribution in [0, 0.1) is 5.92 Å². The number of benzene rings is 1. The lowest BCUT2D eigenvalue weighted by molar-refractivity contribution is -0.260. The fourth-order valence-electron chi connectivity index (χ4n) is 2.52. The molecule has 0 radical (unpaired) electrons. The molecule has 1 aromatic rings. The Morgan fingerprint density at radius 3 is 2.80 bits per heavy atom. The van der Waals surface area contributed by atoms with Crippen LogP contribution < -0.4 is 0 Å². The third-order valence-electron chi connectivity index (χ3n) is 3.69. The number of hydrogen-bond donors (Lipinski definition) is 0. The maximum Gasteiger partial charge on any atom is 0.345 e. The first-order valence-electron chi connectivity index (χ1n) is 6.90. The molecule has 0 spiro atoms. The highest BCUT2D eigenvalue weighted by Gasteiger charge is 2.26. The van der Waals surface area contributed by atoms with Crippen molar-refractivity contribution in [3.63, 3.8) is 0 Å². The van der Waals surface area contributed by atoms with Crippen LogP contribution in [0.4, 0.5) is 0 Å². The molecule has 0 aliphatic carbocycles. The molecule has 4 nitrogen and oxygen atoms in total. The highest BCUT2D eigenvalue weighted by molar-refractivity contribution is 9.10. The van der Waals surface area contributed by atoms with Crippen molar-refractivity contribution in [2.75, 3.05) is 26.7 Å². The van der Waals surface area contributed by atoms with E-state index in [1.54, 1.807) is 0 Å². The lowest BCUT2D eigenvalue weighted by Gasteiger charge is -2.30. The molecule has 2 rings (SSSR count). The molecule has 0 saturated carbocycles. The molecule has 1 saturated heterocycles. The molecule has 5 heteroatoms. The van der Waals surface area contributed by atoms with Crippen molar-refractivity contribution in [2.45, 2.75) is 19.3 Å². The zero-order valence-corrected chi connectivity index (χ0v) is 13.3. The minimum absolute atomic E-state index is 0.0166. The van der Waals surface area contributed by atoms with Crippen molar-refractivity contribution in [1.82, 2.24) is 4.90 Å². The molecule has 1 aromatic carbocycles. The van der Waals surface area contributed by atoms with E-state index < -0.39 is 0 Å². The highest BCUT2D eigenvalue weighted by atomic mass is 79.9. The molecule has 1 fully saturated rings. The van der Waals surface area contributed by atoms with Crippen molar-refractivity contribution in [3.05, 3.63) is 34.3 Å². The molecule has 0 atom stereocenters. The molecule has 0 N–H and O–H groups in total. The zero-order chi connectivity index (χ0) is 14.4. The summed E-state index contributed by atoms with van der Waals surface area (Å²) in [5.74, 6) is -0.254. The van der Waals surface area contributed by atoms with E-state index in [4.69, 9.17) is 0 Å². The van der Waals surface area contributed by atoms with Crippen LogP contribution in [-0.2, 0) is 21.0 Å². The lowest BCUT2D eigenvalue weighted by atomic mass is 9.97. The van der Waals surface area contributed by atoms with Gasteiger partial charge in [0, 0.05) is 11.0 Å². The van der Waals surface area contributed by atoms with Crippen LogP contribution in [0.2, 0.25) is 0 Å². The molecule has 110 valence electrons. The fourth-order valence-corrected chi connectivity index (χ4v) is 2.97. The van der Waals surface area contributed by atoms with Gasteiger partial charge >= 0.3 is 5.97 Å². The zero-order valence-electron chi connectivity index (χ0n) is 11.7. The highest BCUT2D eigenvalue weighted by Crippen LogP contribution is 2.19. The van der Waals surface area contributed by atoms with Crippen LogP contribution in [0.25, 0.3) is 0 Å². The number of carbonyl (C=O) groups is 1. The van der Waals surface area contributed by atoms with Crippen molar-refractivity contribution in [3.8, 4) is 0 Å². The van der Waals surface area contributed by atoms with Crippen LogP contribution in [0.15, 0.2) is 28.7 Å². The maximum absolute atomic E-state index is 11.6. The largest absolute Gasteiger partial charge is 0.345 e. The lowest BCUT2D eigenvalue weighted by Crippen LogP contribution is -2.37. The molecule has 20 heavy (non-hydrogen) atoms. The Morgan fingerprint density at radius 2 is 2.15 bits per heavy atom. The Balaban J connectivity index is 1.73. The average molecular weight is 342 g/mol. The summed E-state index contributed by atoms with van der Waals surface area (Å²) in [7, 11) is 1.37. The Labute approximate surface area is 128 Å². The predicted molar refractivity (Wildman–Crippen MR) is 80.1 cm³/mol. The van der Waals surface area contributed by atoms with E-state index in [0.717, 1.165) is 43.4 Å². The third-order valence-corrected chi connectivity index (χ3v) is 4.19. The first-order chi connectivity index (χ1) is 9.69. The van der Waals surface area contributed by atoms with Crippen molar-refractivity contribution >= 4 is 21.9 Å². The Kier molecular flexibility index (Phi) is 6.01. The van der Waals surface area contributed by atoms with Crippen LogP contribution >= 0.6 is 15.9 Å². The topological polar surface area (TPSA) is 38.8 Å². The summed E-state index contributed by atoms with van der Waals surface area (Å²) in [6, 6.07) is 8.40.